The lowest BCUT2D eigenvalue weighted by Crippen LogP contribution is -2.48. The van der Waals surface area contributed by atoms with E-state index in [-0.39, 0.29) is 11.9 Å². The van der Waals surface area contributed by atoms with Crippen LogP contribution < -0.4 is 11.1 Å². The molecule has 0 bridgehead atoms. The average molecular weight is 282 g/mol. The van der Waals surface area contributed by atoms with Gasteiger partial charge in [0, 0.05) is 28.9 Å². The number of likely N-dealkylation sites (tertiary alicyclic amines) is 1. The zero-order valence-corrected chi connectivity index (χ0v) is 12.1. The Morgan fingerprint density at radius 3 is 2.84 bits per heavy atom. The first-order valence-corrected chi connectivity index (χ1v) is 6.89. The van der Waals surface area contributed by atoms with E-state index in [1.165, 1.54) is 0 Å². The van der Waals surface area contributed by atoms with E-state index < -0.39 is 0 Å². The summed E-state index contributed by atoms with van der Waals surface area (Å²) in [6, 6.07) is 5.15. The number of piperidine rings is 1. The third kappa shape index (κ3) is 3.61. The molecule has 1 aliphatic rings. The zero-order valence-electron chi connectivity index (χ0n) is 11.3. The molecule has 19 heavy (non-hydrogen) atoms. The summed E-state index contributed by atoms with van der Waals surface area (Å²) in [7, 11) is 2.10. The van der Waals surface area contributed by atoms with Gasteiger partial charge in [-0.15, -0.1) is 0 Å². The summed E-state index contributed by atoms with van der Waals surface area (Å²) in [5.41, 5.74) is 6.74. The van der Waals surface area contributed by atoms with Crippen molar-refractivity contribution < 1.29 is 4.79 Å². The Morgan fingerprint density at radius 2 is 2.21 bits per heavy atom. The van der Waals surface area contributed by atoms with Crippen LogP contribution in [-0.2, 0) is 0 Å². The van der Waals surface area contributed by atoms with Crippen LogP contribution in [0.1, 0.15) is 23.7 Å². The minimum atomic E-state index is -0.101. The number of amides is 1. The molecule has 0 radical (unpaired) electrons. The topological polar surface area (TPSA) is 58.4 Å². The fraction of sp³-hybridized carbons (Fsp3) is 0.500. The van der Waals surface area contributed by atoms with Gasteiger partial charge < -0.3 is 16.0 Å². The van der Waals surface area contributed by atoms with Crippen LogP contribution in [0.4, 0.5) is 5.69 Å². The van der Waals surface area contributed by atoms with E-state index in [1.54, 1.807) is 18.2 Å². The number of carbonyl (C=O) groups is 1. The number of nitrogens with one attached hydrogen (secondary N) is 1. The van der Waals surface area contributed by atoms with Crippen molar-refractivity contribution in [2.75, 3.05) is 25.9 Å². The van der Waals surface area contributed by atoms with Gasteiger partial charge in [0.2, 0.25) is 0 Å². The molecule has 2 unspecified atom stereocenters. The van der Waals surface area contributed by atoms with E-state index in [1.807, 2.05) is 0 Å². The van der Waals surface area contributed by atoms with Crippen molar-refractivity contribution >= 4 is 23.2 Å². The Kier molecular flexibility index (Phi) is 4.32. The molecule has 1 aromatic rings. The van der Waals surface area contributed by atoms with E-state index in [2.05, 4.69) is 24.2 Å². The summed E-state index contributed by atoms with van der Waals surface area (Å²) in [5.74, 6) is 0.342. The standard InChI is InChI=1S/C14H20ClN3O/c1-9-8-18(2)4-3-13(9)17-14(19)10-5-11(15)7-12(16)6-10/h5-7,9,13H,3-4,8,16H2,1-2H3,(H,17,19). The van der Waals surface area contributed by atoms with Gasteiger partial charge in [0.15, 0.2) is 0 Å². The molecule has 3 N–H and O–H groups in total. The van der Waals surface area contributed by atoms with E-state index in [0.29, 0.717) is 22.2 Å². The molecule has 1 heterocycles. The van der Waals surface area contributed by atoms with Crippen molar-refractivity contribution in [3.05, 3.63) is 28.8 Å². The van der Waals surface area contributed by atoms with Crippen molar-refractivity contribution in [1.82, 2.24) is 10.2 Å². The van der Waals surface area contributed by atoms with E-state index in [9.17, 15) is 4.79 Å². The summed E-state index contributed by atoms with van der Waals surface area (Å²) in [6.45, 7) is 4.17. The van der Waals surface area contributed by atoms with Gasteiger partial charge in [-0.1, -0.05) is 18.5 Å². The van der Waals surface area contributed by atoms with Gasteiger partial charge in [0.25, 0.3) is 5.91 Å². The molecule has 0 saturated carbocycles. The van der Waals surface area contributed by atoms with E-state index >= 15 is 0 Å². The molecule has 0 spiro atoms. The largest absolute Gasteiger partial charge is 0.399 e. The number of nitrogens with zero attached hydrogens (tertiary/aromatic N) is 1. The molecule has 5 heteroatoms. The van der Waals surface area contributed by atoms with Gasteiger partial charge in [0.05, 0.1) is 0 Å². The van der Waals surface area contributed by atoms with Gasteiger partial charge in [-0.05, 0) is 44.1 Å². The molecule has 4 nitrogen and oxygen atoms in total. The first-order chi connectivity index (χ1) is 8.95. The lowest BCUT2D eigenvalue weighted by Gasteiger charge is -2.35. The number of halogens is 1. The minimum absolute atomic E-state index is 0.101. The third-order valence-corrected chi connectivity index (χ3v) is 3.83. The highest BCUT2D eigenvalue weighted by Gasteiger charge is 2.25. The number of nitrogen functional groups attached to an aromatic ring is 1. The Labute approximate surface area is 118 Å². The lowest BCUT2D eigenvalue weighted by atomic mass is 9.94. The second-order valence-corrected chi connectivity index (χ2v) is 5.82. The van der Waals surface area contributed by atoms with Crippen molar-refractivity contribution in [3.8, 4) is 0 Å². The third-order valence-electron chi connectivity index (χ3n) is 3.61. The molecule has 1 aromatic carbocycles. The normalized spacial score (nSPS) is 24.2. The number of benzene rings is 1. The van der Waals surface area contributed by atoms with Crippen molar-refractivity contribution in [2.45, 2.75) is 19.4 Å². The van der Waals surface area contributed by atoms with Crippen LogP contribution in [0.2, 0.25) is 5.02 Å². The summed E-state index contributed by atoms with van der Waals surface area (Å²) >= 11 is 5.92. The molecular formula is C14H20ClN3O. The van der Waals surface area contributed by atoms with Crippen molar-refractivity contribution in [3.63, 3.8) is 0 Å². The quantitative estimate of drug-likeness (QED) is 0.815. The average Bonchev–Trinajstić information content (AvgIpc) is 2.31. The van der Waals surface area contributed by atoms with Gasteiger partial charge in [-0.2, -0.15) is 0 Å². The van der Waals surface area contributed by atoms with Crippen molar-refractivity contribution in [1.29, 1.82) is 0 Å². The van der Waals surface area contributed by atoms with Crippen LogP contribution in [0.15, 0.2) is 18.2 Å². The van der Waals surface area contributed by atoms with Crippen LogP contribution >= 0.6 is 11.6 Å². The molecule has 0 aliphatic carbocycles. The van der Waals surface area contributed by atoms with Gasteiger partial charge in [0.1, 0.15) is 0 Å². The highest BCUT2D eigenvalue weighted by Crippen LogP contribution is 2.19. The molecule has 2 rings (SSSR count). The molecule has 1 fully saturated rings. The fourth-order valence-corrected chi connectivity index (χ4v) is 2.81. The minimum Gasteiger partial charge on any atom is -0.399 e. The van der Waals surface area contributed by atoms with Crippen LogP contribution in [0.25, 0.3) is 0 Å². The Hall–Kier alpha value is -1.26. The number of hydrogen-bond acceptors (Lipinski definition) is 3. The summed E-state index contributed by atoms with van der Waals surface area (Å²) < 4.78 is 0. The Bertz CT molecular complexity index is 458. The smallest absolute Gasteiger partial charge is 0.251 e. The predicted molar refractivity (Wildman–Crippen MR) is 78.4 cm³/mol. The SMILES string of the molecule is CC1CN(C)CCC1NC(=O)c1cc(N)cc(Cl)c1. The molecule has 1 aliphatic heterocycles. The summed E-state index contributed by atoms with van der Waals surface area (Å²) in [4.78, 5) is 14.5. The number of carbonyl (C=O) groups excluding carboxylic acids is 1. The van der Waals surface area contributed by atoms with E-state index in [4.69, 9.17) is 17.3 Å². The van der Waals surface area contributed by atoms with Crippen LogP contribution in [0, 0.1) is 5.92 Å². The highest BCUT2D eigenvalue weighted by atomic mass is 35.5. The van der Waals surface area contributed by atoms with Crippen LogP contribution in [0.5, 0.6) is 0 Å². The second-order valence-electron chi connectivity index (χ2n) is 5.38. The molecule has 2 atom stereocenters. The number of rotatable bonds is 2. The van der Waals surface area contributed by atoms with Crippen molar-refractivity contribution in [2.24, 2.45) is 5.92 Å². The summed E-state index contributed by atoms with van der Waals surface area (Å²) in [5, 5.41) is 3.57. The number of anilines is 1. The second kappa shape index (κ2) is 5.80. The van der Waals surface area contributed by atoms with E-state index in [0.717, 1.165) is 19.5 Å². The molecule has 0 aromatic heterocycles. The van der Waals surface area contributed by atoms with Crippen LogP contribution in [-0.4, -0.2) is 37.0 Å². The lowest BCUT2D eigenvalue weighted by molar-refractivity contribution is 0.0884. The zero-order chi connectivity index (χ0) is 14.0. The molecule has 1 amide bonds. The number of nitrogens with two attached hydrogens (primary N) is 1. The maximum Gasteiger partial charge on any atom is 0.251 e. The van der Waals surface area contributed by atoms with Crippen LogP contribution in [0.3, 0.4) is 0 Å². The first-order valence-electron chi connectivity index (χ1n) is 6.51. The number of hydrogen-bond donors (Lipinski definition) is 2. The van der Waals surface area contributed by atoms with Gasteiger partial charge >= 0.3 is 0 Å². The maximum atomic E-state index is 12.2. The van der Waals surface area contributed by atoms with Gasteiger partial charge in [-0.25, -0.2) is 0 Å². The summed E-state index contributed by atoms with van der Waals surface area (Å²) in [6.07, 6.45) is 0.972. The van der Waals surface area contributed by atoms with Gasteiger partial charge in [-0.3, -0.25) is 4.79 Å². The Balaban J connectivity index is 2.04. The maximum absolute atomic E-state index is 12.2. The Morgan fingerprint density at radius 1 is 1.47 bits per heavy atom. The molecule has 1 saturated heterocycles. The fourth-order valence-electron chi connectivity index (χ4n) is 2.56. The monoisotopic (exact) mass is 281 g/mol. The highest BCUT2D eigenvalue weighted by molar-refractivity contribution is 6.31. The molecular weight excluding hydrogens is 262 g/mol. The molecule has 104 valence electrons. The first kappa shape index (κ1) is 14.2. The predicted octanol–water partition coefficient (Wildman–Crippen LogP) is 1.99.